The lowest BCUT2D eigenvalue weighted by Crippen LogP contribution is -2.58. The number of alkyl halides is 3. The van der Waals surface area contributed by atoms with Gasteiger partial charge in [0.2, 0.25) is 5.91 Å². The number of halogens is 3. The Morgan fingerprint density at radius 2 is 1.93 bits per heavy atom. The van der Waals surface area contributed by atoms with Crippen LogP contribution >= 0.6 is 0 Å². The van der Waals surface area contributed by atoms with E-state index in [2.05, 4.69) is 10.1 Å². The average molecular weight is 410 g/mol. The molecule has 0 unspecified atom stereocenters. The molecule has 29 heavy (non-hydrogen) atoms. The summed E-state index contributed by atoms with van der Waals surface area (Å²) in [5.74, 6) is 0.163. The number of likely N-dealkylation sites (tertiary alicyclic amines) is 1. The number of hydrogen-bond donors (Lipinski definition) is 1. The first kappa shape index (κ1) is 18.6. The van der Waals surface area contributed by atoms with E-state index in [1.807, 2.05) is 4.90 Å². The van der Waals surface area contributed by atoms with Crippen molar-refractivity contribution >= 4 is 12.0 Å². The molecule has 1 aromatic carbocycles. The van der Waals surface area contributed by atoms with Crippen LogP contribution < -0.4 is 10.1 Å². The molecule has 0 bridgehead atoms. The molecule has 2 aliphatic heterocycles. The first-order chi connectivity index (χ1) is 13.7. The van der Waals surface area contributed by atoms with Crippen LogP contribution in [-0.4, -0.2) is 48.5 Å². The summed E-state index contributed by atoms with van der Waals surface area (Å²) in [6.45, 7) is 1.64. The van der Waals surface area contributed by atoms with Crippen LogP contribution in [0.25, 0.3) is 0 Å². The summed E-state index contributed by atoms with van der Waals surface area (Å²) in [7, 11) is 0. The van der Waals surface area contributed by atoms with Crippen molar-refractivity contribution in [2.24, 2.45) is 11.8 Å². The number of benzene rings is 1. The zero-order valence-electron chi connectivity index (χ0n) is 15.6. The van der Waals surface area contributed by atoms with Crippen molar-refractivity contribution < 1.29 is 32.2 Å². The summed E-state index contributed by atoms with van der Waals surface area (Å²) in [6, 6.07) is 6.13. The van der Waals surface area contributed by atoms with Gasteiger partial charge in [-0.3, -0.25) is 4.79 Å². The van der Waals surface area contributed by atoms with Crippen LogP contribution in [0.15, 0.2) is 24.3 Å². The van der Waals surface area contributed by atoms with Crippen LogP contribution in [0.2, 0.25) is 0 Å². The molecule has 156 valence electrons. The zero-order valence-corrected chi connectivity index (χ0v) is 15.6. The van der Waals surface area contributed by atoms with E-state index in [0.717, 1.165) is 18.4 Å². The minimum absolute atomic E-state index is 0.0400. The second-order valence-electron chi connectivity index (χ2n) is 8.75. The maximum absolute atomic E-state index is 12.8. The number of ether oxygens (including phenoxy) is 2. The molecule has 2 aliphatic carbocycles. The molecule has 2 saturated heterocycles. The third kappa shape index (κ3) is 3.20. The van der Waals surface area contributed by atoms with Crippen LogP contribution in [0.4, 0.5) is 18.0 Å². The maximum Gasteiger partial charge on any atom is 0.573 e. The summed E-state index contributed by atoms with van der Waals surface area (Å²) in [5, 5.41) is 2.81. The molecule has 4 aliphatic rings. The van der Waals surface area contributed by atoms with E-state index in [0.29, 0.717) is 38.5 Å². The smallest absolute Gasteiger partial charge is 0.447 e. The fourth-order valence-corrected chi connectivity index (χ4v) is 5.33. The highest BCUT2D eigenvalue weighted by molar-refractivity contribution is 5.82. The molecule has 1 aromatic rings. The molecule has 6 nitrogen and oxygen atoms in total. The Morgan fingerprint density at radius 3 is 2.52 bits per heavy atom. The van der Waals surface area contributed by atoms with Crippen LogP contribution in [0, 0.1) is 11.8 Å². The minimum Gasteiger partial charge on any atom is -0.447 e. The molecule has 2 heterocycles. The van der Waals surface area contributed by atoms with Gasteiger partial charge in [-0.1, -0.05) is 12.1 Å². The molecular formula is C20H21F3N2O4. The van der Waals surface area contributed by atoms with Gasteiger partial charge in [0.15, 0.2) is 0 Å². The number of hydrogen-bond acceptors (Lipinski definition) is 4. The van der Waals surface area contributed by atoms with E-state index in [1.54, 1.807) is 12.1 Å². The van der Waals surface area contributed by atoms with Crippen LogP contribution in [0.3, 0.4) is 0 Å². The molecule has 9 heteroatoms. The number of amides is 2. The van der Waals surface area contributed by atoms with E-state index >= 15 is 0 Å². The fraction of sp³-hybridized carbons (Fsp3) is 0.600. The number of piperidine rings is 1. The van der Waals surface area contributed by atoms with E-state index in [4.69, 9.17) is 4.74 Å². The number of fused-ring (bicyclic) bond motifs is 1. The van der Waals surface area contributed by atoms with Crippen LogP contribution in [0.5, 0.6) is 5.75 Å². The van der Waals surface area contributed by atoms with E-state index in [1.165, 1.54) is 12.1 Å². The lowest BCUT2D eigenvalue weighted by molar-refractivity contribution is -0.274. The van der Waals surface area contributed by atoms with Gasteiger partial charge in [0.05, 0.1) is 5.54 Å². The highest BCUT2D eigenvalue weighted by atomic mass is 19.4. The number of carbonyl (C=O) groups is 2. The first-order valence-corrected chi connectivity index (χ1v) is 9.78. The Bertz CT molecular complexity index is 850. The van der Waals surface area contributed by atoms with E-state index < -0.39 is 12.5 Å². The minimum atomic E-state index is -4.69. The molecule has 5 rings (SSSR count). The lowest BCUT2D eigenvalue weighted by atomic mass is 9.68. The molecule has 1 N–H and O–H groups in total. The third-order valence-corrected chi connectivity index (χ3v) is 6.95. The largest absolute Gasteiger partial charge is 0.573 e. The number of cyclic esters (lactones) is 1. The predicted octanol–water partition coefficient (Wildman–Crippen LogP) is 2.96. The number of alkyl carbamates (subject to hydrolysis) is 1. The van der Waals surface area contributed by atoms with Crippen molar-refractivity contribution in [1.29, 1.82) is 0 Å². The Labute approximate surface area is 165 Å². The maximum atomic E-state index is 12.8. The predicted molar refractivity (Wildman–Crippen MR) is 94.0 cm³/mol. The van der Waals surface area contributed by atoms with Crippen molar-refractivity contribution in [3.05, 3.63) is 29.8 Å². The van der Waals surface area contributed by atoms with Gasteiger partial charge in [-0.25, -0.2) is 4.79 Å². The molecule has 0 aromatic heterocycles. The topological polar surface area (TPSA) is 67.9 Å². The van der Waals surface area contributed by atoms with E-state index in [-0.39, 0.29) is 28.5 Å². The molecule has 1 spiro atoms. The third-order valence-electron chi connectivity index (χ3n) is 6.95. The molecule has 4 fully saturated rings. The quantitative estimate of drug-likeness (QED) is 0.832. The lowest BCUT2D eigenvalue weighted by Gasteiger charge is -2.44. The normalized spacial score (nSPS) is 35.4. The number of nitrogens with one attached hydrogen (secondary N) is 1. The van der Waals surface area contributed by atoms with Gasteiger partial charge in [-0.2, -0.15) is 0 Å². The molecule has 0 radical (unpaired) electrons. The van der Waals surface area contributed by atoms with Crippen molar-refractivity contribution in [1.82, 2.24) is 10.2 Å². The van der Waals surface area contributed by atoms with Gasteiger partial charge in [-0.05, 0) is 49.3 Å². The van der Waals surface area contributed by atoms with Crippen molar-refractivity contribution in [2.75, 3.05) is 19.7 Å². The van der Waals surface area contributed by atoms with Crippen molar-refractivity contribution in [3.8, 4) is 5.75 Å². The van der Waals surface area contributed by atoms with Gasteiger partial charge in [0.1, 0.15) is 12.4 Å². The summed E-state index contributed by atoms with van der Waals surface area (Å²) >= 11 is 0. The molecular weight excluding hydrogens is 389 g/mol. The van der Waals surface area contributed by atoms with Gasteiger partial charge in [0.25, 0.3) is 0 Å². The second kappa shape index (κ2) is 6.03. The summed E-state index contributed by atoms with van der Waals surface area (Å²) in [4.78, 5) is 26.0. The summed E-state index contributed by atoms with van der Waals surface area (Å²) in [6.07, 6.45) is -2.13. The molecule has 2 atom stereocenters. The van der Waals surface area contributed by atoms with E-state index in [9.17, 15) is 22.8 Å². The first-order valence-electron chi connectivity index (χ1n) is 9.78. The van der Waals surface area contributed by atoms with Crippen LogP contribution in [0.1, 0.15) is 31.2 Å². The highest BCUT2D eigenvalue weighted by Crippen LogP contribution is 2.59. The van der Waals surface area contributed by atoms with Crippen LogP contribution in [-0.2, 0) is 14.9 Å². The Balaban J connectivity index is 1.18. The fourth-order valence-electron chi connectivity index (χ4n) is 5.33. The van der Waals surface area contributed by atoms with Gasteiger partial charge < -0.3 is 19.7 Å². The van der Waals surface area contributed by atoms with Crippen molar-refractivity contribution in [2.45, 2.75) is 43.0 Å². The monoisotopic (exact) mass is 410 g/mol. The highest BCUT2D eigenvalue weighted by Gasteiger charge is 2.59. The molecule has 2 saturated carbocycles. The molecule has 2 amide bonds. The van der Waals surface area contributed by atoms with Crippen molar-refractivity contribution in [3.63, 3.8) is 0 Å². The van der Waals surface area contributed by atoms with Gasteiger partial charge >= 0.3 is 12.5 Å². The zero-order chi connectivity index (χ0) is 20.4. The SMILES string of the molecule is O=C1N[C@]2(CO1)C[C@H](C(=O)N1CC[C@]3(c4ccc(OC(F)(F)F)cc4)C[C@@H]3C1)C2. The number of rotatable bonds is 3. The average Bonchev–Trinajstić information content (AvgIpc) is 3.24. The van der Waals surface area contributed by atoms with Gasteiger partial charge in [-0.15, -0.1) is 13.2 Å². The second-order valence-corrected chi connectivity index (χ2v) is 8.75. The number of nitrogens with zero attached hydrogens (tertiary/aromatic N) is 1. The number of carbonyl (C=O) groups excluding carboxylic acids is 2. The standard InChI is InChI=1S/C20H21F3N2O4/c21-20(22,23)29-15-3-1-13(2-4-15)19-5-6-25(10-14(19)9-19)16(26)12-7-18(8-12)11-28-17(27)24-18/h1-4,12,14H,5-11H2,(H,24,27)/t12-,14-,18+,19-/m1/s1. The Morgan fingerprint density at radius 1 is 1.21 bits per heavy atom. The Kier molecular flexibility index (Phi) is 3.86. The van der Waals surface area contributed by atoms with Gasteiger partial charge in [0, 0.05) is 24.4 Å². The summed E-state index contributed by atoms with van der Waals surface area (Å²) < 4.78 is 45.9. The summed E-state index contributed by atoms with van der Waals surface area (Å²) in [5.41, 5.74) is 0.607. The Hall–Kier alpha value is -2.45.